The number of ether oxygens (including phenoxy) is 1. The molecule has 1 aliphatic rings. The fourth-order valence-corrected chi connectivity index (χ4v) is 5.65. The first-order valence-electron chi connectivity index (χ1n) is 9.66. The van der Waals surface area contributed by atoms with Crippen molar-refractivity contribution in [1.82, 2.24) is 25.1 Å². The molecule has 0 aromatic carbocycles. The van der Waals surface area contributed by atoms with Gasteiger partial charge in [-0.05, 0) is 43.5 Å². The van der Waals surface area contributed by atoms with Crippen molar-refractivity contribution >= 4 is 39.3 Å². The first-order valence-corrected chi connectivity index (χ1v) is 11.3. The van der Waals surface area contributed by atoms with Crippen LogP contribution in [0, 0.1) is 12.8 Å². The predicted octanol–water partition coefficient (Wildman–Crippen LogP) is 4.57. The van der Waals surface area contributed by atoms with Crippen LogP contribution in [0.25, 0.3) is 10.2 Å². The van der Waals surface area contributed by atoms with Crippen molar-refractivity contribution in [3.05, 3.63) is 22.6 Å². The van der Waals surface area contributed by atoms with E-state index in [1.165, 1.54) is 61.5 Å². The minimum Gasteiger partial charge on any atom is -0.462 e. The largest absolute Gasteiger partial charge is 0.462 e. The lowest BCUT2D eigenvalue weighted by molar-refractivity contribution is 0.0531. The van der Waals surface area contributed by atoms with Crippen LogP contribution in [0.1, 0.15) is 60.1 Å². The third-order valence-electron chi connectivity index (χ3n) is 5.12. The van der Waals surface area contributed by atoms with Gasteiger partial charge in [-0.1, -0.05) is 25.7 Å². The molecule has 4 rings (SSSR count). The van der Waals surface area contributed by atoms with Crippen LogP contribution in [-0.2, 0) is 11.2 Å². The second-order valence-corrected chi connectivity index (χ2v) is 8.95. The second kappa shape index (κ2) is 8.57. The Labute approximate surface area is 171 Å². The number of hydrogen-bond donors (Lipinski definition) is 1. The molecule has 0 amide bonds. The van der Waals surface area contributed by atoms with Crippen LogP contribution in [0.4, 0.5) is 0 Å². The van der Waals surface area contributed by atoms with Crippen molar-refractivity contribution in [2.24, 2.45) is 5.92 Å². The van der Waals surface area contributed by atoms with E-state index in [1.807, 2.05) is 6.92 Å². The van der Waals surface area contributed by atoms with Gasteiger partial charge in [-0.2, -0.15) is 0 Å². The Bertz CT molecular complexity index is 978. The number of aromatic amines is 1. The zero-order valence-electron chi connectivity index (χ0n) is 16.0. The summed E-state index contributed by atoms with van der Waals surface area (Å²) in [5.74, 6) is 1.44. The number of thiophene rings is 1. The minimum atomic E-state index is -0.314. The molecular formula is C19H23N5O2S2. The Kier molecular flexibility index (Phi) is 5.91. The Hall–Kier alpha value is -2.00. The highest BCUT2D eigenvalue weighted by Gasteiger charge is 2.21. The van der Waals surface area contributed by atoms with E-state index in [2.05, 4.69) is 25.1 Å². The summed E-state index contributed by atoms with van der Waals surface area (Å²) in [6.07, 6.45) is 9.03. The normalized spacial score (nSPS) is 14.8. The molecule has 0 radical (unpaired) electrons. The minimum absolute atomic E-state index is 0.314. The predicted molar refractivity (Wildman–Crippen MR) is 109 cm³/mol. The maximum absolute atomic E-state index is 12.2. The Balaban J connectivity index is 1.52. The zero-order chi connectivity index (χ0) is 19.5. The molecule has 148 valence electrons. The molecule has 0 aliphatic heterocycles. The van der Waals surface area contributed by atoms with E-state index in [0.29, 0.717) is 16.6 Å². The van der Waals surface area contributed by atoms with E-state index in [1.54, 1.807) is 6.92 Å². The molecule has 0 unspecified atom stereocenters. The molecule has 7 nitrogen and oxygen atoms in total. The molecule has 9 heteroatoms. The molecule has 1 N–H and O–H groups in total. The Morgan fingerprint density at radius 2 is 2.18 bits per heavy atom. The highest BCUT2D eigenvalue weighted by Crippen LogP contribution is 2.37. The van der Waals surface area contributed by atoms with E-state index < -0.39 is 0 Å². The molecule has 1 aliphatic carbocycles. The maximum atomic E-state index is 12.2. The fraction of sp³-hybridized carbons (Fsp3) is 0.526. The number of nitrogens with zero attached hydrogens (tertiary/aromatic N) is 4. The summed E-state index contributed by atoms with van der Waals surface area (Å²) in [4.78, 5) is 26.9. The lowest BCUT2D eigenvalue weighted by atomic mass is 10.0. The Morgan fingerprint density at radius 1 is 1.36 bits per heavy atom. The molecule has 28 heavy (non-hydrogen) atoms. The van der Waals surface area contributed by atoms with E-state index in [-0.39, 0.29) is 5.97 Å². The van der Waals surface area contributed by atoms with Crippen molar-refractivity contribution < 1.29 is 9.53 Å². The summed E-state index contributed by atoms with van der Waals surface area (Å²) in [5, 5.41) is 9.67. The Morgan fingerprint density at radius 3 is 2.96 bits per heavy atom. The lowest BCUT2D eigenvalue weighted by Crippen LogP contribution is -2.03. The van der Waals surface area contributed by atoms with Crippen LogP contribution in [0.5, 0.6) is 0 Å². The van der Waals surface area contributed by atoms with Gasteiger partial charge in [0.25, 0.3) is 0 Å². The number of rotatable bonds is 7. The number of nitrogens with one attached hydrogen (secondary N) is 1. The van der Waals surface area contributed by atoms with E-state index >= 15 is 0 Å². The molecule has 3 heterocycles. The summed E-state index contributed by atoms with van der Waals surface area (Å²) < 4.78 is 5.16. The molecular weight excluding hydrogens is 394 g/mol. The molecule has 0 spiro atoms. The van der Waals surface area contributed by atoms with Gasteiger partial charge in [0.15, 0.2) is 0 Å². The van der Waals surface area contributed by atoms with Gasteiger partial charge in [-0.15, -0.1) is 16.4 Å². The molecule has 3 aromatic rings. The van der Waals surface area contributed by atoms with Gasteiger partial charge in [-0.25, -0.2) is 19.7 Å². The number of H-pyrrole nitrogens is 1. The summed E-state index contributed by atoms with van der Waals surface area (Å²) in [7, 11) is 0. The lowest BCUT2D eigenvalue weighted by Gasteiger charge is -2.05. The third-order valence-corrected chi connectivity index (χ3v) is 7.16. The number of carbonyl (C=O) groups is 1. The summed E-state index contributed by atoms with van der Waals surface area (Å²) in [6, 6.07) is 0. The van der Waals surface area contributed by atoms with Gasteiger partial charge in [0.1, 0.15) is 26.9 Å². The van der Waals surface area contributed by atoms with Crippen LogP contribution in [0.3, 0.4) is 0 Å². The standard InChI is InChI=1S/C19H23N5O2S2/c1-3-26-18(25)15-11(2)14-16(27-15)20-10-21-17(14)28-19-22-13(23-24-19)9-8-12-6-4-5-7-12/h10,12H,3-9H2,1-2H3,(H,22,23,24). The van der Waals surface area contributed by atoms with Gasteiger partial charge < -0.3 is 4.74 Å². The smallest absolute Gasteiger partial charge is 0.348 e. The van der Waals surface area contributed by atoms with Gasteiger partial charge in [0.2, 0.25) is 5.16 Å². The van der Waals surface area contributed by atoms with E-state index in [0.717, 1.165) is 39.0 Å². The molecule has 0 bridgehead atoms. The molecule has 3 aromatic heterocycles. The summed E-state index contributed by atoms with van der Waals surface area (Å²) in [6.45, 7) is 4.05. The highest BCUT2D eigenvalue weighted by atomic mass is 32.2. The van der Waals surface area contributed by atoms with Crippen molar-refractivity contribution in [2.45, 2.75) is 62.6 Å². The molecule has 0 atom stereocenters. The van der Waals surface area contributed by atoms with Crippen molar-refractivity contribution in [3.8, 4) is 0 Å². The number of aryl methyl sites for hydroxylation is 2. The van der Waals surface area contributed by atoms with Crippen LogP contribution in [-0.4, -0.2) is 37.7 Å². The van der Waals surface area contributed by atoms with Crippen LogP contribution >= 0.6 is 23.1 Å². The van der Waals surface area contributed by atoms with Gasteiger partial charge in [0, 0.05) is 11.8 Å². The SMILES string of the molecule is CCOC(=O)c1sc2ncnc(Sc3n[nH]c(CCC4CCCC4)n3)c2c1C. The summed E-state index contributed by atoms with van der Waals surface area (Å²) in [5.41, 5.74) is 0.846. The fourth-order valence-electron chi connectivity index (χ4n) is 3.67. The van der Waals surface area contributed by atoms with Gasteiger partial charge in [-0.3, -0.25) is 5.10 Å². The van der Waals surface area contributed by atoms with Crippen molar-refractivity contribution in [1.29, 1.82) is 0 Å². The van der Waals surface area contributed by atoms with Crippen LogP contribution < -0.4 is 0 Å². The van der Waals surface area contributed by atoms with E-state index in [4.69, 9.17) is 4.74 Å². The van der Waals surface area contributed by atoms with Crippen LogP contribution in [0.2, 0.25) is 0 Å². The van der Waals surface area contributed by atoms with Crippen molar-refractivity contribution in [3.63, 3.8) is 0 Å². The number of aromatic nitrogens is 5. The molecule has 1 fully saturated rings. The van der Waals surface area contributed by atoms with Crippen molar-refractivity contribution in [2.75, 3.05) is 6.61 Å². The highest BCUT2D eigenvalue weighted by molar-refractivity contribution is 7.99. The topological polar surface area (TPSA) is 93.6 Å². The van der Waals surface area contributed by atoms with Gasteiger partial charge >= 0.3 is 5.97 Å². The first kappa shape index (κ1) is 19.3. The number of esters is 1. The molecule has 1 saturated carbocycles. The average Bonchev–Trinajstić information content (AvgIpc) is 3.41. The van der Waals surface area contributed by atoms with E-state index in [9.17, 15) is 4.79 Å². The number of carbonyl (C=O) groups excluding carboxylic acids is 1. The zero-order valence-corrected chi connectivity index (χ0v) is 17.7. The first-order chi connectivity index (χ1) is 13.7. The maximum Gasteiger partial charge on any atom is 0.348 e. The van der Waals surface area contributed by atoms with Crippen LogP contribution in [0.15, 0.2) is 16.5 Å². The monoisotopic (exact) mass is 417 g/mol. The van der Waals surface area contributed by atoms with Gasteiger partial charge in [0.05, 0.1) is 6.61 Å². The quantitative estimate of drug-likeness (QED) is 0.444. The average molecular weight is 418 g/mol. The second-order valence-electron chi connectivity index (χ2n) is 6.99. The summed E-state index contributed by atoms with van der Waals surface area (Å²) >= 11 is 2.74. The third kappa shape index (κ3) is 4.05. The molecule has 0 saturated heterocycles. The number of fused-ring (bicyclic) bond motifs is 1. The number of hydrogen-bond acceptors (Lipinski definition) is 8.